The largest absolute Gasteiger partial charge is 0.319 e. The number of H-pyrrole nitrogens is 1. The molecule has 0 radical (unpaired) electrons. The van der Waals surface area contributed by atoms with Crippen LogP contribution in [-0.2, 0) is 0 Å². The maximum Gasteiger partial charge on any atom is 0.277 e. The Bertz CT molecular complexity index is 837. The van der Waals surface area contributed by atoms with Crippen LogP contribution in [0.2, 0.25) is 0 Å². The molecule has 2 aromatic heterocycles. The van der Waals surface area contributed by atoms with Crippen LogP contribution in [0, 0.1) is 0 Å². The SMILES string of the molecule is Cl.O=C(Nc1cccc2cn[nH]c12)c1cn(C2CCNCC2)nn1. The quantitative estimate of drug-likeness (QED) is 0.670. The predicted molar refractivity (Wildman–Crippen MR) is 92.5 cm³/mol. The highest BCUT2D eigenvalue weighted by molar-refractivity contribution is 6.07. The van der Waals surface area contributed by atoms with E-state index in [2.05, 4.69) is 31.1 Å². The van der Waals surface area contributed by atoms with Crippen molar-refractivity contribution in [3.05, 3.63) is 36.3 Å². The molecule has 126 valence electrons. The number of aromatic nitrogens is 5. The summed E-state index contributed by atoms with van der Waals surface area (Å²) in [6, 6.07) is 5.94. The molecule has 1 saturated heterocycles. The molecule has 1 aromatic carbocycles. The highest BCUT2D eigenvalue weighted by Crippen LogP contribution is 2.21. The van der Waals surface area contributed by atoms with Crippen LogP contribution in [0.5, 0.6) is 0 Å². The van der Waals surface area contributed by atoms with Gasteiger partial charge in [-0.2, -0.15) is 5.10 Å². The van der Waals surface area contributed by atoms with E-state index in [-0.39, 0.29) is 18.3 Å². The van der Waals surface area contributed by atoms with Gasteiger partial charge in [-0.25, -0.2) is 4.68 Å². The van der Waals surface area contributed by atoms with Crippen molar-refractivity contribution in [2.75, 3.05) is 18.4 Å². The van der Waals surface area contributed by atoms with E-state index in [1.54, 1.807) is 17.1 Å². The van der Waals surface area contributed by atoms with Crippen LogP contribution >= 0.6 is 12.4 Å². The van der Waals surface area contributed by atoms with Gasteiger partial charge < -0.3 is 10.6 Å². The number of nitrogens with zero attached hydrogens (tertiary/aromatic N) is 4. The Morgan fingerprint density at radius 3 is 2.96 bits per heavy atom. The average molecular weight is 348 g/mol. The van der Waals surface area contributed by atoms with Crippen LogP contribution in [-0.4, -0.2) is 44.2 Å². The van der Waals surface area contributed by atoms with Crippen molar-refractivity contribution < 1.29 is 4.79 Å². The van der Waals surface area contributed by atoms with Gasteiger partial charge in [-0.1, -0.05) is 17.3 Å². The number of carbonyl (C=O) groups excluding carboxylic acids is 1. The molecule has 1 fully saturated rings. The molecule has 4 rings (SSSR count). The number of halogens is 1. The molecule has 1 amide bonds. The Morgan fingerprint density at radius 1 is 1.29 bits per heavy atom. The van der Waals surface area contributed by atoms with Gasteiger partial charge in [0.05, 0.1) is 29.6 Å². The molecule has 3 aromatic rings. The number of fused-ring (bicyclic) bond motifs is 1. The first-order valence-electron chi connectivity index (χ1n) is 7.67. The molecule has 3 heterocycles. The number of piperidine rings is 1. The summed E-state index contributed by atoms with van der Waals surface area (Å²) < 4.78 is 1.80. The van der Waals surface area contributed by atoms with Gasteiger partial charge in [0, 0.05) is 5.39 Å². The number of para-hydroxylation sites is 1. The van der Waals surface area contributed by atoms with Crippen molar-refractivity contribution in [2.24, 2.45) is 0 Å². The third-order valence-corrected chi connectivity index (χ3v) is 4.15. The predicted octanol–water partition coefficient (Wildman–Crippen LogP) is 1.75. The second-order valence-electron chi connectivity index (χ2n) is 5.66. The first kappa shape index (κ1) is 16.4. The molecule has 3 N–H and O–H groups in total. The summed E-state index contributed by atoms with van der Waals surface area (Å²) in [7, 11) is 0. The summed E-state index contributed by atoms with van der Waals surface area (Å²) in [5.41, 5.74) is 1.80. The lowest BCUT2D eigenvalue weighted by atomic mass is 10.1. The van der Waals surface area contributed by atoms with Crippen molar-refractivity contribution in [1.29, 1.82) is 0 Å². The van der Waals surface area contributed by atoms with Crippen molar-refractivity contribution in [1.82, 2.24) is 30.5 Å². The molecular weight excluding hydrogens is 330 g/mol. The molecule has 8 nitrogen and oxygen atoms in total. The molecule has 1 aliphatic rings. The first-order valence-corrected chi connectivity index (χ1v) is 7.67. The van der Waals surface area contributed by atoms with Crippen molar-refractivity contribution in [3.63, 3.8) is 0 Å². The Balaban J connectivity index is 0.00000169. The Morgan fingerprint density at radius 2 is 2.12 bits per heavy atom. The number of nitrogens with one attached hydrogen (secondary N) is 3. The molecule has 0 atom stereocenters. The van der Waals surface area contributed by atoms with Gasteiger partial charge >= 0.3 is 0 Å². The number of hydrogen-bond donors (Lipinski definition) is 3. The van der Waals surface area contributed by atoms with Gasteiger partial charge in [-0.3, -0.25) is 9.89 Å². The number of hydrogen-bond acceptors (Lipinski definition) is 5. The normalized spacial score (nSPS) is 15.2. The van der Waals surface area contributed by atoms with E-state index in [9.17, 15) is 4.79 Å². The molecule has 24 heavy (non-hydrogen) atoms. The monoisotopic (exact) mass is 347 g/mol. The third-order valence-electron chi connectivity index (χ3n) is 4.15. The minimum Gasteiger partial charge on any atom is -0.319 e. The van der Waals surface area contributed by atoms with Crippen LogP contribution in [0.25, 0.3) is 10.9 Å². The van der Waals surface area contributed by atoms with E-state index in [4.69, 9.17) is 0 Å². The van der Waals surface area contributed by atoms with Gasteiger partial charge in [0.1, 0.15) is 0 Å². The molecule has 9 heteroatoms. The van der Waals surface area contributed by atoms with Gasteiger partial charge in [0.15, 0.2) is 5.69 Å². The van der Waals surface area contributed by atoms with Crippen LogP contribution in [0.4, 0.5) is 5.69 Å². The molecule has 0 unspecified atom stereocenters. The minimum absolute atomic E-state index is 0. The molecule has 1 aliphatic heterocycles. The van der Waals surface area contributed by atoms with E-state index in [0.29, 0.717) is 17.4 Å². The maximum atomic E-state index is 12.4. The number of aromatic amines is 1. The van der Waals surface area contributed by atoms with Gasteiger partial charge in [0.25, 0.3) is 5.91 Å². The van der Waals surface area contributed by atoms with Crippen molar-refractivity contribution >= 4 is 34.9 Å². The van der Waals surface area contributed by atoms with Gasteiger partial charge in [-0.05, 0) is 32.0 Å². The summed E-state index contributed by atoms with van der Waals surface area (Å²) in [4.78, 5) is 12.4. The van der Waals surface area contributed by atoms with E-state index in [1.807, 2.05) is 18.2 Å². The average Bonchev–Trinajstić information content (AvgIpc) is 3.25. The fourth-order valence-electron chi connectivity index (χ4n) is 2.89. The smallest absolute Gasteiger partial charge is 0.277 e. The molecule has 0 bridgehead atoms. The van der Waals surface area contributed by atoms with Crippen LogP contribution < -0.4 is 10.6 Å². The lowest BCUT2D eigenvalue weighted by molar-refractivity contribution is 0.102. The topological polar surface area (TPSA) is 101 Å². The Labute approximate surface area is 144 Å². The van der Waals surface area contributed by atoms with Crippen molar-refractivity contribution in [2.45, 2.75) is 18.9 Å². The van der Waals surface area contributed by atoms with E-state index < -0.39 is 0 Å². The number of carbonyl (C=O) groups is 1. The minimum atomic E-state index is -0.271. The lowest BCUT2D eigenvalue weighted by Gasteiger charge is -2.22. The molecule has 0 saturated carbocycles. The summed E-state index contributed by atoms with van der Waals surface area (Å²) >= 11 is 0. The Hall–Kier alpha value is -2.45. The fourth-order valence-corrected chi connectivity index (χ4v) is 2.89. The van der Waals surface area contributed by atoms with E-state index in [0.717, 1.165) is 36.8 Å². The van der Waals surface area contributed by atoms with Crippen LogP contribution in [0.1, 0.15) is 29.4 Å². The number of benzene rings is 1. The lowest BCUT2D eigenvalue weighted by Crippen LogP contribution is -2.29. The zero-order valence-corrected chi connectivity index (χ0v) is 13.7. The van der Waals surface area contributed by atoms with E-state index >= 15 is 0 Å². The maximum absolute atomic E-state index is 12.4. The molecule has 0 spiro atoms. The highest BCUT2D eigenvalue weighted by atomic mass is 35.5. The summed E-state index contributed by atoms with van der Waals surface area (Å²) in [5.74, 6) is -0.271. The Kier molecular flexibility index (Phi) is 4.77. The number of amides is 1. The van der Waals surface area contributed by atoms with Crippen LogP contribution in [0.3, 0.4) is 0 Å². The highest BCUT2D eigenvalue weighted by Gasteiger charge is 2.19. The van der Waals surface area contributed by atoms with E-state index in [1.165, 1.54) is 0 Å². The second-order valence-corrected chi connectivity index (χ2v) is 5.66. The zero-order chi connectivity index (χ0) is 15.6. The van der Waals surface area contributed by atoms with Crippen LogP contribution in [0.15, 0.2) is 30.6 Å². The van der Waals surface area contributed by atoms with Crippen molar-refractivity contribution in [3.8, 4) is 0 Å². The summed E-state index contributed by atoms with van der Waals surface area (Å²) in [6.45, 7) is 1.93. The fraction of sp³-hybridized carbons (Fsp3) is 0.333. The zero-order valence-electron chi connectivity index (χ0n) is 12.9. The number of anilines is 1. The first-order chi connectivity index (χ1) is 11.3. The summed E-state index contributed by atoms with van der Waals surface area (Å²) in [6.07, 6.45) is 5.44. The second kappa shape index (κ2) is 6.98. The van der Waals surface area contributed by atoms with Gasteiger partial charge in [0.2, 0.25) is 0 Å². The molecule has 0 aliphatic carbocycles. The molecular formula is C15H18ClN7O. The third kappa shape index (κ3) is 3.10. The summed E-state index contributed by atoms with van der Waals surface area (Å²) in [5, 5.41) is 22.1. The van der Waals surface area contributed by atoms with Gasteiger partial charge in [-0.15, -0.1) is 17.5 Å². The standard InChI is InChI=1S/C15H17N7O.ClH/c23-15(18-12-3-1-2-10-8-17-20-14(10)12)13-9-22(21-19-13)11-4-6-16-7-5-11;/h1-3,8-9,11,16H,4-7H2,(H,17,20)(H,18,23);1H. The number of rotatable bonds is 3.